The maximum atomic E-state index is 11.9. The Morgan fingerprint density at radius 2 is 2.00 bits per heavy atom. The van der Waals surface area contributed by atoms with E-state index in [0.717, 1.165) is 10.3 Å². The number of hydrogen-bond acceptors (Lipinski definition) is 7. The van der Waals surface area contributed by atoms with Crippen LogP contribution in [0, 0.1) is 0 Å². The van der Waals surface area contributed by atoms with E-state index in [-0.39, 0.29) is 0 Å². The molecule has 2 heterocycles. The molecule has 0 radical (unpaired) electrons. The summed E-state index contributed by atoms with van der Waals surface area (Å²) >= 11 is 5.76. The molecule has 1 aliphatic heterocycles. The standard InChI is InChI=1S/C15H22BNO4S2/c1-6-19-13(18)12-11(23-9-17-12)7-10(8-22)16-20-14(2,3)15(4,5)21-16/h7,9,22H,6,8H2,1-5H3. The average Bonchev–Trinajstić information content (AvgIpc) is 2.99. The molecule has 1 saturated heterocycles. The van der Waals surface area contributed by atoms with Crippen LogP contribution < -0.4 is 0 Å². The van der Waals surface area contributed by atoms with Crippen LogP contribution in [0.3, 0.4) is 0 Å². The Bertz CT molecular complexity index is 596. The zero-order valence-electron chi connectivity index (χ0n) is 14.1. The summed E-state index contributed by atoms with van der Waals surface area (Å²) in [6.07, 6.45) is 1.86. The number of esters is 1. The van der Waals surface area contributed by atoms with Crippen LogP contribution in [0.5, 0.6) is 0 Å². The molecule has 2 rings (SSSR count). The maximum Gasteiger partial charge on any atom is 0.491 e. The van der Waals surface area contributed by atoms with E-state index in [2.05, 4.69) is 17.6 Å². The van der Waals surface area contributed by atoms with E-state index in [0.29, 0.717) is 18.1 Å². The highest BCUT2D eigenvalue weighted by molar-refractivity contribution is 7.80. The number of thiazole rings is 1. The normalized spacial score (nSPS) is 19.9. The molecule has 1 aromatic heterocycles. The number of carbonyl (C=O) groups is 1. The van der Waals surface area contributed by atoms with Crippen molar-refractivity contribution < 1.29 is 18.8 Å². The quantitative estimate of drug-likeness (QED) is 0.499. The second-order valence-corrected chi connectivity index (χ2v) is 7.45. The molecule has 1 fully saturated rings. The highest BCUT2D eigenvalue weighted by Crippen LogP contribution is 2.39. The van der Waals surface area contributed by atoms with E-state index in [9.17, 15) is 4.79 Å². The lowest BCUT2D eigenvalue weighted by atomic mass is 9.79. The molecule has 0 bridgehead atoms. The van der Waals surface area contributed by atoms with Crippen LogP contribution in [0.1, 0.15) is 50.0 Å². The molecule has 23 heavy (non-hydrogen) atoms. The molecule has 1 aromatic rings. The van der Waals surface area contributed by atoms with Gasteiger partial charge in [-0.25, -0.2) is 9.78 Å². The van der Waals surface area contributed by atoms with Crippen molar-refractivity contribution in [2.75, 3.05) is 12.4 Å². The van der Waals surface area contributed by atoms with Gasteiger partial charge in [0.2, 0.25) is 0 Å². The molecular weight excluding hydrogens is 333 g/mol. The van der Waals surface area contributed by atoms with Gasteiger partial charge in [0.05, 0.1) is 28.2 Å². The molecule has 0 aromatic carbocycles. The van der Waals surface area contributed by atoms with Gasteiger partial charge in [-0.3, -0.25) is 0 Å². The number of hydrogen-bond donors (Lipinski definition) is 1. The van der Waals surface area contributed by atoms with Gasteiger partial charge in [-0.1, -0.05) is 0 Å². The predicted molar refractivity (Wildman–Crippen MR) is 96.0 cm³/mol. The van der Waals surface area contributed by atoms with Gasteiger partial charge in [-0.15, -0.1) is 11.3 Å². The third-order valence-corrected chi connectivity index (χ3v) is 5.26. The van der Waals surface area contributed by atoms with Gasteiger partial charge in [-0.2, -0.15) is 12.6 Å². The molecular formula is C15H22BNO4S2. The minimum atomic E-state index is -0.491. The first-order valence-electron chi connectivity index (χ1n) is 7.49. The zero-order valence-corrected chi connectivity index (χ0v) is 15.8. The van der Waals surface area contributed by atoms with Crippen LogP contribution in [-0.4, -0.2) is 41.6 Å². The van der Waals surface area contributed by atoms with Crippen molar-refractivity contribution in [3.05, 3.63) is 21.6 Å². The molecule has 1 aliphatic rings. The Morgan fingerprint density at radius 1 is 1.39 bits per heavy atom. The highest BCUT2D eigenvalue weighted by Gasteiger charge is 2.52. The van der Waals surface area contributed by atoms with Crippen molar-refractivity contribution in [3.63, 3.8) is 0 Å². The first-order valence-corrected chi connectivity index (χ1v) is 9.00. The van der Waals surface area contributed by atoms with Gasteiger partial charge in [0, 0.05) is 5.75 Å². The lowest BCUT2D eigenvalue weighted by Crippen LogP contribution is -2.41. The number of rotatable bonds is 5. The molecule has 0 amide bonds. The first kappa shape index (κ1) is 18.5. The van der Waals surface area contributed by atoms with E-state index in [1.807, 2.05) is 33.8 Å². The molecule has 126 valence electrons. The number of ether oxygens (including phenoxy) is 1. The van der Waals surface area contributed by atoms with Crippen LogP contribution in [0.15, 0.2) is 11.0 Å². The van der Waals surface area contributed by atoms with Crippen LogP contribution in [0.2, 0.25) is 0 Å². The summed E-state index contributed by atoms with van der Waals surface area (Å²) in [6.45, 7) is 10.1. The predicted octanol–water partition coefficient (Wildman–Crippen LogP) is 3.26. The second kappa shape index (κ2) is 6.97. The van der Waals surface area contributed by atoms with Crippen molar-refractivity contribution in [1.29, 1.82) is 0 Å². The van der Waals surface area contributed by atoms with Gasteiger partial charge >= 0.3 is 13.1 Å². The average molecular weight is 355 g/mol. The van der Waals surface area contributed by atoms with Crippen molar-refractivity contribution in [1.82, 2.24) is 4.98 Å². The summed E-state index contributed by atoms with van der Waals surface area (Å²) in [5.74, 6) is 0.0317. The molecule has 5 nitrogen and oxygen atoms in total. The van der Waals surface area contributed by atoms with Crippen molar-refractivity contribution in [2.45, 2.75) is 45.8 Å². The summed E-state index contributed by atoms with van der Waals surface area (Å²) in [4.78, 5) is 16.8. The molecule has 0 atom stereocenters. The summed E-state index contributed by atoms with van der Waals surface area (Å²) < 4.78 is 17.1. The molecule has 8 heteroatoms. The van der Waals surface area contributed by atoms with Gasteiger partial charge in [0.25, 0.3) is 0 Å². The van der Waals surface area contributed by atoms with Crippen molar-refractivity contribution >= 4 is 43.1 Å². The fourth-order valence-corrected chi connectivity index (χ4v) is 3.04. The van der Waals surface area contributed by atoms with Crippen LogP contribution in [-0.2, 0) is 14.0 Å². The minimum Gasteiger partial charge on any atom is -0.461 e. The lowest BCUT2D eigenvalue weighted by Gasteiger charge is -2.32. The fourth-order valence-electron chi connectivity index (χ4n) is 2.06. The van der Waals surface area contributed by atoms with Crippen LogP contribution >= 0.6 is 24.0 Å². The molecule has 0 unspecified atom stereocenters. The van der Waals surface area contributed by atoms with Gasteiger partial charge in [0.1, 0.15) is 0 Å². The van der Waals surface area contributed by atoms with E-state index in [1.54, 1.807) is 12.4 Å². The largest absolute Gasteiger partial charge is 0.491 e. The topological polar surface area (TPSA) is 57.7 Å². The van der Waals surface area contributed by atoms with Crippen molar-refractivity contribution in [3.8, 4) is 0 Å². The minimum absolute atomic E-state index is 0.313. The van der Waals surface area contributed by atoms with Gasteiger partial charge < -0.3 is 14.0 Å². The monoisotopic (exact) mass is 355 g/mol. The Kier molecular flexibility index (Phi) is 5.61. The zero-order chi connectivity index (χ0) is 17.3. The van der Waals surface area contributed by atoms with Crippen LogP contribution in [0.25, 0.3) is 6.08 Å². The van der Waals surface area contributed by atoms with Crippen LogP contribution in [0.4, 0.5) is 0 Å². The number of nitrogens with zero attached hydrogens (tertiary/aromatic N) is 1. The summed E-state index contributed by atoms with van der Waals surface area (Å²) in [6, 6.07) is 0. The summed E-state index contributed by atoms with van der Waals surface area (Å²) in [7, 11) is -0.491. The Hall–Kier alpha value is -0.825. The fraction of sp³-hybridized carbons (Fsp3) is 0.600. The maximum absolute atomic E-state index is 11.9. The summed E-state index contributed by atoms with van der Waals surface area (Å²) in [5.41, 5.74) is 1.95. The van der Waals surface area contributed by atoms with Gasteiger partial charge in [-0.05, 0) is 46.2 Å². The number of carbonyl (C=O) groups excluding carboxylic acids is 1. The SMILES string of the molecule is CCOC(=O)c1ncsc1C=C(CS)B1OC(C)(C)C(C)(C)O1. The number of thiol groups is 1. The Morgan fingerprint density at radius 3 is 2.52 bits per heavy atom. The molecule has 0 spiro atoms. The third kappa shape index (κ3) is 3.82. The second-order valence-electron chi connectivity index (χ2n) is 6.25. The highest BCUT2D eigenvalue weighted by atomic mass is 32.1. The molecule has 0 aliphatic carbocycles. The lowest BCUT2D eigenvalue weighted by molar-refractivity contribution is 0.00578. The van der Waals surface area contributed by atoms with E-state index in [4.69, 9.17) is 14.0 Å². The third-order valence-electron chi connectivity index (χ3n) is 4.12. The summed E-state index contributed by atoms with van der Waals surface area (Å²) in [5, 5.41) is 0. The van der Waals surface area contributed by atoms with E-state index >= 15 is 0 Å². The molecule has 0 saturated carbocycles. The van der Waals surface area contributed by atoms with E-state index in [1.165, 1.54) is 11.3 Å². The smallest absolute Gasteiger partial charge is 0.461 e. The molecule has 0 N–H and O–H groups in total. The Balaban J connectivity index is 2.28. The number of aromatic nitrogens is 1. The van der Waals surface area contributed by atoms with Gasteiger partial charge in [0.15, 0.2) is 5.69 Å². The first-order chi connectivity index (χ1) is 10.7. The van der Waals surface area contributed by atoms with E-state index < -0.39 is 24.3 Å². The Labute approximate surface area is 147 Å². The van der Waals surface area contributed by atoms with Crippen molar-refractivity contribution in [2.24, 2.45) is 0 Å².